The maximum Gasteiger partial charge on any atom is 0.407 e. The number of carbonyl (C=O) groups is 2. The summed E-state index contributed by atoms with van der Waals surface area (Å²) in [6.45, 7) is 11.3. The summed E-state index contributed by atoms with van der Waals surface area (Å²) in [7, 11) is 8.30. The molecule has 2 N–H and O–H groups in total. The van der Waals surface area contributed by atoms with Gasteiger partial charge in [0.1, 0.15) is 11.2 Å². The fourth-order valence-corrected chi connectivity index (χ4v) is 6.98. The molecule has 47 heavy (non-hydrogen) atoms. The lowest BCUT2D eigenvalue weighted by Gasteiger charge is -2.40. The minimum absolute atomic E-state index is 0.102. The van der Waals surface area contributed by atoms with Crippen LogP contribution in [0.25, 0.3) is 0 Å². The highest BCUT2D eigenvalue weighted by molar-refractivity contribution is 6.30. The normalized spacial score (nSPS) is 25.0. The molecule has 262 valence electrons. The molecule has 0 saturated heterocycles. The monoisotopic (exact) mass is 670 g/mol. The molecule has 6 atom stereocenters. The molecule has 2 aromatic rings. The van der Waals surface area contributed by atoms with Gasteiger partial charge in [0.2, 0.25) is 0 Å². The third-order valence-corrected chi connectivity index (χ3v) is 9.19. The minimum atomic E-state index is -0.477. The molecule has 0 spiro atoms. The topological polar surface area (TPSA) is 83.1 Å². The van der Waals surface area contributed by atoms with Crippen molar-refractivity contribution in [2.75, 3.05) is 28.2 Å². The van der Waals surface area contributed by atoms with E-state index in [1.807, 2.05) is 53.7 Å². The van der Waals surface area contributed by atoms with Gasteiger partial charge < -0.3 is 29.9 Å². The average Bonchev–Trinajstić information content (AvgIpc) is 2.96. The van der Waals surface area contributed by atoms with E-state index in [2.05, 4.69) is 91.1 Å². The van der Waals surface area contributed by atoms with Gasteiger partial charge in [0.25, 0.3) is 0 Å². The van der Waals surface area contributed by atoms with Crippen LogP contribution in [0.1, 0.15) is 103 Å². The minimum Gasteiger partial charge on any atom is -0.444 e. The van der Waals surface area contributed by atoms with Crippen LogP contribution in [0.4, 0.5) is 9.59 Å². The van der Waals surface area contributed by atoms with Crippen molar-refractivity contribution in [3.05, 3.63) is 70.7 Å². The first-order valence-corrected chi connectivity index (χ1v) is 17.4. The molecule has 2 aliphatic carbocycles. The Morgan fingerprint density at radius 1 is 0.660 bits per heavy atom. The number of carbonyl (C=O) groups excluding carboxylic acids is 2. The molecular weight excluding hydrogens is 612 g/mol. The number of likely N-dealkylation sites (N-methyl/N-ethyl adjacent to an activating group) is 2. The smallest absolute Gasteiger partial charge is 0.407 e. The summed E-state index contributed by atoms with van der Waals surface area (Å²) in [5.41, 5.74) is 1.74. The summed E-state index contributed by atoms with van der Waals surface area (Å²) in [6.07, 6.45) is 5.43. The Balaban J connectivity index is 0.000000256. The van der Waals surface area contributed by atoms with E-state index in [0.717, 1.165) is 43.5 Å². The first-order chi connectivity index (χ1) is 21.9. The predicted octanol–water partition coefficient (Wildman–Crippen LogP) is 8.21. The SMILES string of the molecule is CN(C)[C@H]1C[C@@H](c2cccc(Cl)c2)CCC1NC(=O)OC(C)(C)C.CN(C)[C@H]1C[C@@H](c2ccccc2)CCC1NC(=O)OC(C)(C)C. The molecular formula is C38H59ClN4O4. The number of alkyl carbamates (subject to hydrolysis) is 2. The lowest BCUT2D eigenvalue weighted by Crippen LogP contribution is -2.53. The van der Waals surface area contributed by atoms with Crippen LogP contribution in [-0.4, -0.2) is 85.5 Å². The number of ether oxygens (including phenoxy) is 2. The zero-order valence-electron chi connectivity index (χ0n) is 30.3. The summed E-state index contributed by atoms with van der Waals surface area (Å²) >= 11 is 6.14. The maximum absolute atomic E-state index is 12.1. The van der Waals surface area contributed by atoms with Crippen molar-refractivity contribution in [3.63, 3.8) is 0 Å². The lowest BCUT2D eigenvalue weighted by molar-refractivity contribution is 0.0434. The summed E-state index contributed by atoms with van der Waals surface area (Å²) < 4.78 is 10.8. The zero-order valence-corrected chi connectivity index (χ0v) is 31.1. The van der Waals surface area contributed by atoms with Gasteiger partial charge in [-0.1, -0.05) is 54.1 Å². The summed E-state index contributed by atoms with van der Waals surface area (Å²) in [5, 5.41) is 6.92. The van der Waals surface area contributed by atoms with Crippen LogP contribution >= 0.6 is 11.6 Å². The highest BCUT2D eigenvalue weighted by Crippen LogP contribution is 2.36. The number of benzene rings is 2. The van der Waals surface area contributed by atoms with Gasteiger partial charge in [0.15, 0.2) is 0 Å². The van der Waals surface area contributed by atoms with Gasteiger partial charge in [0, 0.05) is 29.2 Å². The van der Waals surface area contributed by atoms with Crippen LogP contribution in [-0.2, 0) is 9.47 Å². The molecule has 0 heterocycles. The number of amides is 2. The van der Waals surface area contributed by atoms with Crippen LogP contribution in [0.15, 0.2) is 54.6 Å². The van der Waals surface area contributed by atoms with Crippen LogP contribution in [0, 0.1) is 0 Å². The highest BCUT2D eigenvalue weighted by atomic mass is 35.5. The molecule has 2 aromatic carbocycles. The maximum atomic E-state index is 12.1. The number of nitrogens with one attached hydrogen (secondary N) is 2. The van der Waals surface area contributed by atoms with Gasteiger partial charge in [-0.3, -0.25) is 0 Å². The van der Waals surface area contributed by atoms with Crippen LogP contribution < -0.4 is 10.6 Å². The number of nitrogens with zero attached hydrogens (tertiary/aromatic N) is 2. The molecule has 2 unspecified atom stereocenters. The molecule has 0 aliphatic heterocycles. The molecule has 0 radical (unpaired) electrons. The summed E-state index contributed by atoms with van der Waals surface area (Å²) in [4.78, 5) is 28.6. The second-order valence-corrected chi connectivity index (χ2v) is 16.0. The molecule has 0 aromatic heterocycles. The second kappa shape index (κ2) is 17.0. The summed E-state index contributed by atoms with van der Waals surface area (Å²) in [6, 6.07) is 19.6. The third kappa shape index (κ3) is 13.0. The Bertz CT molecular complexity index is 1270. The van der Waals surface area contributed by atoms with Gasteiger partial charge in [-0.05, 0) is 143 Å². The van der Waals surface area contributed by atoms with E-state index < -0.39 is 11.2 Å². The van der Waals surface area contributed by atoms with Gasteiger partial charge in [-0.25, -0.2) is 9.59 Å². The van der Waals surface area contributed by atoms with Crippen LogP contribution in [0.3, 0.4) is 0 Å². The molecule has 4 rings (SSSR count). The van der Waals surface area contributed by atoms with Gasteiger partial charge in [-0.2, -0.15) is 0 Å². The zero-order chi connectivity index (χ0) is 34.9. The largest absolute Gasteiger partial charge is 0.444 e. The quantitative estimate of drug-likeness (QED) is 0.322. The van der Waals surface area contributed by atoms with Crippen molar-refractivity contribution >= 4 is 23.8 Å². The number of hydrogen-bond donors (Lipinski definition) is 2. The van der Waals surface area contributed by atoms with Crippen molar-refractivity contribution in [2.45, 2.75) is 127 Å². The van der Waals surface area contributed by atoms with E-state index in [9.17, 15) is 9.59 Å². The van der Waals surface area contributed by atoms with E-state index in [-0.39, 0.29) is 30.3 Å². The highest BCUT2D eigenvalue weighted by Gasteiger charge is 2.35. The van der Waals surface area contributed by atoms with Gasteiger partial charge in [0.05, 0.1) is 0 Å². The summed E-state index contributed by atoms with van der Waals surface area (Å²) in [5.74, 6) is 1.02. The van der Waals surface area contributed by atoms with E-state index in [0.29, 0.717) is 17.9 Å². The van der Waals surface area contributed by atoms with Gasteiger partial charge >= 0.3 is 12.2 Å². The molecule has 8 nitrogen and oxygen atoms in total. The van der Waals surface area contributed by atoms with E-state index in [1.54, 1.807) is 0 Å². The van der Waals surface area contributed by atoms with Crippen LogP contribution in [0.5, 0.6) is 0 Å². The fraction of sp³-hybridized carbons (Fsp3) is 0.632. The van der Waals surface area contributed by atoms with Crippen molar-refractivity contribution in [1.82, 2.24) is 20.4 Å². The first-order valence-electron chi connectivity index (χ1n) is 17.0. The molecule has 2 amide bonds. The Labute approximate surface area is 288 Å². The molecule has 9 heteroatoms. The molecule has 0 bridgehead atoms. The Kier molecular flexibility index (Phi) is 14.0. The molecule has 2 saturated carbocycles. The van der Waals surface area contributed by atoms with Crippen molar-refractivity contribution < 1.29 is 19.1 Å². The third-order valence-electron chi connectivity index (χ3n) is 8.96. The standard InChI is InChI=1S/C19H29ClN2O2.C19H30N2O2/c1-19(2,3)24-18(23)21-16-10-9-14(12-17(16)22(4)5)13-7-6-8-15(20)11-13;1-19(2,3)23-18(22)20-16-12-11-15(13-17(16)21(4)5)14-9-7-6-8-10-14/h6-8,11,14,16-17H,9-10,12H2,1-5H3,(H,21,23);6-10,15-17H,11-13H2,1-5H3,(H,20,22)/t14-,16?,17-;15-,16?,17-/m00/s1. The second-order valence-electron chi connectivity index (χ2n) is 15.6. The van der Waals surface area contributed by atoms with Crippen LogP contribution in [0.2, 0.25) is 5.02 Å². The first kappa shape index (κ1) is 38.6. The predicted molar refractivity (Wildman–Crippen MR) is 192 cm³/mol. The van der Waals surface area contributed by atoms with Crippen molar-refractivity contribution in [3.8, 4) is 0 Å². The molecule has 2 fully saturated rings. The van der Waals surface area contributed by atoms with Crippen molar-refractivity contribution in [1.29, 1.82) is 0 Å². The lowest BCUT2D eigenvalue weighted by atomic mass is 9.78. The average molecular weight is 671 g/mol. The Hall–Kier alpha value is -2.81. The Morgan fingerprint density at radius 3 is 1.49 bits per heavy atom. The number of hydrogen-bond acceptors (Lipinski definition) is 6. The fourth-order valence-electron chi connectivity index (χ4n) is 6.78. The van der Waals surface area contributed by atoms with Crippen molar-refractivity contribution in [2.24, 2.45) is 0 Å². The van der Waals surface area contributed by atoms with E-state index in [1.165, 1.54) is 11.1 Å². The van der Waals surface area contributed by atoms with E-state index >= 15 is 0 Å². The number of halogens is 1. The molecule has 2 aliphatic rings. The van der Waals surface area contributed by atoms with E-state index in [4.69, 9.17) is 21.1 Å². The Morgan fingerprint density at radius 2 is 1.09 bits per heavy atom. The number of rotatable bonds is 6. The van der Waals surface area contributed by atoms with Gasteiger partial charge in [-0.15, -0.1) is 0 Å².